The first kappa shape index (κ1) is 8.36. The zero-order chi connectivity index (χ0) is 10.1. The SMILES string of the molecule is O=C(O)Nc1ccc2[nH]c(=O)[nH]c2c1. The molecule has 0 atom stereocenters. The van der Waals surface area contributed by atoms with E-state index in [1.165, 1.54) is 0 Å². The standard InChI is InChI=1S/C8H7N3O3/c12-7-10-5-2-1-4(9-8(13)14)3-6(5)11-7/h1-3,9H,(H,13,14)(H2,10,11,12). The van der Waals surface area contributed by atoms with Crippen molar-refractivity contribution in [1.82, 2.24) is 9.97 Å². The topological polar surface area (TPSA) is 98.0 Å². The summed E-state index contributed by atoms with van der Waals surface area (Å²) in [5.41, 5.74) is 1.32. The third-order valence-corrected chi connectivity index (χ3v) is 1.77. The molecule has 0 spiro atoms. The number of aromatic amines is 2. The van der Waals surface area contributed by atoms with Gasteiger partial charge in [0.15, 0.2) is 0 Å². The van der Waals surface area contributed by atoms with Gasteiger partial charge in [0.05, 0.1) is 11.0 Å². The lowest BCUT2D eigenvalue weighted by Gasteiger charge is -1.98. The molecule has 0 saturated carbocycles. The Morgan fingerprint density at radius 2 is 2.00 bits per heavy atom. The number of fused-ring (bicyclic) bond motifs is 1. The van der Waals surface area contributed by atoms with Crippen LogP contribution in [0.3, 0.4) is 0 Å². The maximum atomic E-state index is 10.9. The Balaban J connectivity index is 2.50. The van der Waals surface area contributed by atoms with Gasteiger partial charge in [0.1, 0.15) is 0 Å². The average molecular weight is 193 g/mol. The molecule has 1 aromatic heterocycles. The highest BCUT2D eigenvalue weighted by molar-refractivity contribution is 5.87. The van der Waals surface area contributed by atoms with Gasteiger partial charge in [0.2, 0.25) is 0 Å². The van der Waals surface area contributed by atoms with Crippen LogP contribution in [0, 0.1) is 0 Å². The Bertz CT molecular complexity index is 540. The number of rotatable bonds is 1. The van der Waals surface area contributed by atoms with Crippen molar-refractivity contribution in [2.45, 2.75) is 0 Å². The quantitative estimate of drug-likeness (QED) is 0.542. The van der Waals surface area contributed by atoms with E-state index >= 15 is 0 Å². The fraction of sp³-hybridized carbons (Fsp3) is 0. The molecule has 0 unspecified atom stereocenters. The number of anilines is 1. The fourth-order valence-electron chi connectivity index (χ4n) is 1.23. The van der Waals surface area contributed by atoms with Crippen LogP contribution in [0.15, 0.2) is 23.0 Å². The Hall–Kier alpha value is -2.24. The maximum Gasteiger partial charge on any atom is 0.409 e. The highest BCUT2D eigenvalue weighted by atomic mass is 16.4. The maximum absolute atomic E-state index is 10.9. The molecule has 0 saturated heterocycles. The molecule has 2 aromatic rings. The first-order valence-corrected chi connectivity index (χ1v) is 3.87. The van der Waals surface area contributed by atoms with E-state index in [0.29, 0.717) is 16.7 Å². The monoisotopic (exact) mass is 193 g/mol. The molecular weight excluding hydrogens is 186 g/mol. The van der Waals surface area contributed by atoms with Gasteiger partial charge in [-0.15, -0.1) is 0 Å². The molecule has 6 heteroatoms. The number of hydrogen-bond donors (Lipinski definition) is 4. The number of aromatic nitrogens is 2. The predicted octanol–water partition coefficient (Wildman–Crippen LogP) is 0.946. The Labute approximate surface area is 77.6 Å². The summed E-state index contributed by atoms with van der Waals surface area (Å²) in [6.07, 6.45) is -1.14. The largest absolute Gasteiger partial charge is 0.465 e. The molecule has 14 heavy (non-hydrogen) atoms. The number of carboxylic acid groups (broad SMARTS) is 1. The minimum Gasteiger partial charge on any atom is -0.465 e. The second-order valence-electron chi connectivity index (χ2n) is 2.77. The number of amides is 1. The molecule has 0 aliphatic carbocycles. The minimum atomic E-state index is -1.14. The lowest BCUT2D eigenvalue weighted by atomic mass is 10.3. The van der Waals surface area contributed by atoms with Crippen molar-refractivity contribution >= 4 is 22.8 Å². The Morgan fingerprint density at radius 3 is 2.71 bits per heavy atom. The molecule has 1 heterocycles. The summed E-state index contributed by atoms with van der Waals surface area (Å²) in [4.78, 5) is 26.3. The van der Waals surface area contributed by atoms with E-state index in [4.69, 9.17) is 5.11 Å². The van der Waals surface area contributed by atoms with Crippen LogP contribution in [0.4, 0.5) is 10.5 Å². The van der Waals surface area contributed by atoms with Crippen molar-refractivity contribution in [3.63, 3.8) is 0 Å². The number of H-pyrrole nitrogens is 2. The third kappa shape index (κ3) is 1.45. The van der Waals surface area contributed by atoms with Crippen molar-refractivity contribution in [2.24, 2.45) is 0 Å². The summed E-state index contributed by atoms with van der Waals surface area (Å²) >= 11 is 0. The second-order valence-corrected chi connectivity index (χ2v) is 2.77. The second kappa shape index (κ2) is 2.91. The minimum absolute atomic E-state index is 0.313. The van der Waals surface area contributed by atoms with Crippen LogP contribution in [0.1, 0.15) is 0 Å². The van der Waals surface area contributed by atoms with Crippen LogP contribution in [0.2, 0.25) is 0 Å². The van der Waals surface area contributed by atoms with Gasteiger partial charge in [0, 0.05) is 5.69 Å². The first-order chi connectivity index (χ1) is 6.65. The molecule has 0 aliphatic rings. The molecule has 0 radical (unpaired) electrons. The van der Waals surface area contributed by atoms with Gasteiger partial charge in [-0.3, -0.25) is 5.32 Å². The summed E-state index contributed by atoms with van der Waals surface area (Å²) in [5.74, 6) is 0. The number of carbonyl (C=O) groups is 1. The molecule has 1 aromatic carbocycles. The van der Waals surface area contributed by atoms with Gasteiger partial charge >= 0.3 is 11.8 Å². The van der Waals surface area contributed by atoms with E-state index in [1.54, 1.807) is 18.2 Å². The van der Waals surface area contributed by atoms with Gasteiger partial charge < -0.3 is 15.1 Å². The highest BCUT2D eigenvalue weighted by Crippen LogP contribution is 2.13. The van der Waals surface area contributed by atoms with Crippen LogP contribution in [-0.4, -0.2) is 21.2 Å². The van der Waals surface area contributed by atoms with Crippen LogP contribution < -0.4 is 11.0 Å². The van der Waals surface area contributed by atoms with Crippen molar-refractivity contribution in [2.75, 3.05) is 5.32 Å². The van der Waals surface area contributed by atoms with E-state index in [0.717, 1.165) is 0 Å². The number of hydrogen-bond acceptors (Lipinski definition) is 2. The Kier molecular flexibility index (Phi) is 1.74. The molecule has 0 aliphatic heterocycles. The first-order valence-electron chi connectivity index (χ1n) is 3.87. The predicted molar refractivity (Wildman–Crippen MR) is 50.6 cm³/mol. The number of nitrogens with one attached hydrogen (secondary N) is 3. The zero-order valence-electron chi connectivity index (χ0n) is 7.00. The average Bonchev–Trinajstić information content (AvgIpc) is 2.42. The van der Waals surface area contributed by atoms with Crippen molar-refractivity contribution in [3.05, 3.63) is 28.7 Å². The number of imidazole rings is 1. The summed E-state index contributed by atoms with van der Waals surface area (Å²) in [7, 11) is 0. The zero-order valence-corrected chi connectivity index (χ0v) is 7.00. The Morgan fingerprint density at radius 1 is 1.29 bits per heavy atom. The molecule has 2 rings (SSSR count). The summed E-state index contributed by atoms with van der Waals surface area (Å²) in [6.45, 7) is 0. The smallest absolute Gasteiger partial charge is 0.409 e. The molecule has 1 amide bonds. The molecular formula is C8H7N3O3. The number of benzene rings is 1. The fourth-order valence-corrected chi connectivity index (χ4v) is 1.23. The summed E-state index contributed by atoms with van der Waals surface area (Å²) in [6, 6.07) is 4.74. The van der Waals surface area contributed by atoms with Gasteiger partial charge in [-0.1, -0.05) is 0 Å². The molecule has 0 fully saturated rings. The van der Waals surface area contributed by atoms with Gasteiger partial charge in [-0.2, -0.15) is 0 Å². The highest BCUT2D eigenvalue weighted by Gasteiger charge is 2.01. The normalized spacial score (nSPS) is 10.3. The third-order valence-electron chi connectivity index (χ3n) is 1.77. The van der Waals surface area contributed by atoms with Gasteiger partial charge in [-0.05, 0) is 18.2 Å². The van der Waals surface area contributed by atoms with E-state index in [2.05, 4.69) is 15.3 Å². The van der Waals surface area contributed by atoms with E-state index in [9.17, 15) is 9.59 Å². The van der Waals surface area contributed by atoms with Crippen LogP contribution in [0.25, 0.3) is 11.0 Å². The molecule has 4 N–H and O–H groups in total. The lowest BCUT2D eigenvalue weighted by Crippen LogP contribution is -2.06. The molecule has 6 nitrogen and oxygen atoms in total. The van der Waals surface area contributed by atoms with Gasteiger partial charge in [0.25, 0.3) is 0 Å². The van der Waals surface area contributed by atoms with E-state index in [-0.39, 0.29) is 5.69 Å². The van der Waals surface area contributed by atoms with Crippen LogP contribution in [-0.2, 0) is 0 Å². The van der Waals surface area contributed by atoms with Crippen LogP contribution >= 0.6 is 0 Å². The molecule has 72 valence electrons. The molecule has 0 bridgehead atoms. The van der Waals surface area contributed by atoms with Crippen molar-refractivity contribution in [1.29, 1.82) is 0 Å². The van der Waals surface area contributed by atoms with Crippen LogP contribution in [0.5, 0.6) is 0 Å². The summed E-state index contributed by atoms with van der Waals surface area (Å²) < 4.78 is 0. The van der Waals surface area contributed by atoms with E-state index < -0.39 is 6.09 Å². The lowest BCUT2D eigenvalue weighted by molar-refractivity contribution is 0.210. The van der Waals surface area contributed by atoms with Gasteiger partial charge in [-0.25, -0.2) is 9.59 Å². The van der Waals surface area contributed by atoms with E-state index in [1.807, 2.05) is 0 Å². The van der Waals surface area contributed by atoms with Crippen molar-refractivity contribution < 1.29 is 9.90 Å². The summed E-state index contributed by atoms with van der Waals surface area (Å²) in [5, 5.41) is 10.6. The van der Waals surface area contributed by atoms with Crippen molar-refractivity contribution in [3.8, 4) is 0 Å².